The van der Waals surface area contributed by atoms with Crippen molar-refractivity contribution in [1.29, 1.82) is 0 Å². The molecule has 0 aromatic heterocycles. The predicted octanol–water partition coefficient (Wildman–Crippen LogP) is 1.69. The molecule has 0 bridgehead atoms. The van der Waals surface area contributed by atoms with Crippen molar-refractivity contribution < 1.29 is 8.42 Å². The average molecular weight is 291 g/mol. The summed E-state index contributed by atoms with van der Waals surface area (Å²) in [4.78, 5) is 4.18. The van der Waals surface area contributed by atoms with E-state index in [1.807, 2.05) is 0 Å². The van der Waals surface area contributed by atoms with E-state index in [2.05, 4.69) is 17.2 Å². The number of nitrogens with one attached hydrogen (secondary N) is 1. The number of guanidine groups is 1. The lowest BCUT2D eigenvalue weighted by atomic mass is 10.1. The van der Waals surface area contributed by atoms with Gasteiger partial charge in [0.05, 0.1) is 5.75 Å². The number of nitrogens with two attached hydrogens (primary N) is 1. The van der Waals surface area contributed by atoms with Gasteiger partial charge in [-0.3, -0.25) is 4.99 Å². The van der Waals surface area contributed by atoms with Gasteiger partial charge in [0.2, 0.25) is 0 Å². The van der Waals surface area contributed by atoms with Gasteiger partial charge in [-0.15, -0.1) is 0 Å². The van der Waals surface area contributed by atoms with Gasteiger partial charge in [-0.05, 0) is 6.42 Å². The molecule has 3 N–H and O–H groups in total. The highest BCUT2D eigenvalue weighted by Crippen LogP contribution is 2.04. The van der Waals surface area contributed by atoms with Crippen LogP contribution >= 0.6 is 0 Å². The monoisotopic (exact) mass is 291 g/mol. The van der Waals surface area contributed by atoms with Gasteiger partial charge in [0.25, 0.3) is 0 Å². The Labute approximate surface area is 118 Å². The maximum atomic E-state index is 11.2. The molecule has 0 unspecified atom stereocenters. The Morgan fingerprint density at radius 2 is 1.74 bits per heavy atom. The highest BCUT2D eigenvalue weighted by atomic mass is 32.2. The molecule has 19 heavy (non-hydrogen) atoms. The highest BCUT2D eigenvalue weighted by Gasteiger charge is 2.06. The van der Waals surface area contributed by atoms with Crippen LogP contribution in [0, 0.1) is 0 Å². The molecule has 0 heterocycles. The second-order valence-electron chi connectivity index (χ2n) is 4.70. The van der Waals surface area contributed by atoms with Crippen molar-refractivity contribution in [3.05, 3.63) is 0 Å². The fourth-order valence-electron chi connectivity index (χ4n) is 1.63. The van der Waals surface area contributed by atoms with Crippen molar-refractivity contribution in [2.75, 3.05) is 24.6 Å². The van der Waals surface area contributed by atoms with Gasteiger partial charge in [-0.25, -0.2) is 8.42 Å². The largest absolute Gasteiger partial charge is 0.370 e. The van der Waals surface area contributed by atoms with E-state index in [1.165, 1.54) is 32.1 Å². The van der Waals surface area contributed by atoms with E-state index in [0.29, 0.717) is 19.0 Å². The Bertz CT molecular complexity index is 340. The summed E-state index contributed by atoms with van der Waals surface area (Å²) < 4.78 is 22.5. The number of rotatable bonds is 11. The Morgan fingerprint density at radius 1 is 1.11 bits per heavy atom. The first kappa shape index (κ1) is 18.2. The van der Waals surface area contributed by atoms with Crippen LogP contribution in [0.3, 0.4) is 0 Å². The number of hydrogen-bond acceptors (Lipinski definition) is 3. The second-order valence-corrected chi connectivity index (χ2v) is 7.17. The van der Waals surface area contributed by atoms with Crippen LogP contribution in [0.4, 0.5) is 0 Å². The summed E-state index contributed by atoms with van der Waals surface area (Å²) in [5.41, 5.74) is 5.65. The van der Waals surface area contributed by atoms with Crippen LogP contribution in [-0.4, -0.2) is 39.0 Å². The van der Waals surface area contributed by atoms with Crippen LogP contribution in [0.25, 0.3) is 0 Å². The van der Waals surface area contributed by atoms with E-state index in [9.17, 15) is 8.42 Å². The van der Waals surface area contributed by atoms with E-state index in [4.69, 9.17) is 5.73 Å². The van der Waals surface area contributed by atoms with Gasteiger partial charge >= 0.3 is 0 Å². The summed E-state index contributed by atoms with van der Waals surface area (Å²) in [5, 5.41) is 2.83. The molecule has 0 aromatic carbocycles. The zero-order valence-electron chi connectivity index (χ0n) is 12.3. The molecular weight excluding hydrogens is 262 g/mol. The molecule has 0 atom stereocenters. The number of aliphatic imine (C=N–C) groups is 1. The van der Waals surface area contributed by atoms with Crippen LogP contribution in [0.15, 0.2) is 4.99 Å². The molecule has 5 nitrogen and oxygen atoms in total. The summed E-state index contributed by atoms with van der Waals surface area (Å²) >= 11 is 0. The smallest absolute Gasteiger partial charge is 0.188 e. The van der Waals surface area contributed by atoms with Crippen LogP contribution in [0.2, 0.25) is 0 Å². The summed E-state index contributed by atoms with van der Waals surface area (Å²) in [6, 6.07) is 0. The molecular formula is C13H29N3O2S. The van der Waals surface area contributed by atoms with Gasteiger partial charge in [-0.2, -0.15) is 0 Å². The third-order valence-corrected chi connectivity index (χ3v) is 4.66. The maximum Gasteiger partial charge on any atom is 0.188 e. The van der Waals surface area contributed by atoms with Crippen LogP contribution < -0.4 is 11.1 Å². The SMILES string of the molecule is CCCCCCCCN=C(N)NCCS(=O)(=O)CC. The molecule has 6 heteroatoms. The first-order valence-corrected chi connectivity index (χ1v) is 9.08. The normalized spacial score (nSPS) is 12.6. The number of sulfone groups is 1. The van der Waals surface area contributed by atoms with E-state index < -0.39 is 9.84 Å². The summed E-state index contributed by atoms with van der Waals surface area (Å²) in [6.45, 7) is 4.90. The molecule has 0 aromatic rings. The fraction of sp³-hybridized carbons (Fsp3) is 0.923. The molecule has 0 aliphatic heterocycles. The number of nitrogens with zero attached hydrogens (tertiary/aromatic N) is 1. The third-order valence-electron chi connectivity index (χ3n) is 2.95. The third kappa shape index (κ3) is 12.0. The molecule has 0 spiro atoms. The van der Waals surface area contributed by atoms with Gasteiger partial charge in [0.15, 0.2) is 15.8 Å². The van der Waals surface area contributed by atoms with E-state index in [0.717, 1.165) is 6.42 Å². The lowest BCUT2D eigenvalue weighted by Crippen LogP contribution is -2.35. The average Bonchev–Trinajstić information content (AvgIpc) is 2.37. The van der Waals surface area contributed by atoms with Crippen LogP contribution in [0.1, 0.15) is 52.4 Å². The fourth-order valence-corrected chi connectivity index (χ4v) is 2.33. The number of unbranched alkanes of at least 4 members (excludes halogenated alkanes) is 5. The van der Waals surface area contributed by atoms with Crippen molar-refractivity contribution in [3.8, 4) is 0 Å². The van der Waals surface area contributed by atoms with Crippen molar-refractivity contribution >= 4 is 15.8 Å². The highest BCUT2D eigenvalue weighted by molar-refractivity contribution is 7.91. The first-order chi connectivity index (χ1) is 9.02. The van der Waals surface area contributed by atoms with Crippen molar-refractivity contribution in [2.45, 2.75) is 52.4 Å². The summed E-state index contributed by atoms with van der Waals surface area (Å²) in [7, 11) is -2.93. The Morgan fingerprint density at radius 3 is 2.37 bits per heavy atom. The lowest BCUT2D eigenvalue weighted by Gasteiger charge is -2.05. The quantitative estimate of drug-likeness (QED) is 0.345. The van der Waals surface area contributed by atoms with Crippen molar-refractivity contribution in [2.24, 2.45) is 10.7 Å². The Kier molecular flexibility index (Phi) is 10.6. The molecule has 0 aliphatic carbocycles. The van der Waals surface area contributed by atoms with Crippen LogP contribution in [-0.2, 0) is 9.84 Å². The van der Waals surface area contributed by atoms with Crippen molar-refractivity contribution in [1.82, 2.24) is 5.32 Å². The van der Waals surface area contributed by atoms with Crippen molar-refractivity contribution in [3.63, 3.8) is 0 Å². The minimum atomic E-state index is -2.93. The topological polar surface area (TPSA) is 84.5 Å². The van der Waals surface area contributed by atoms with E-state index in [-0.39, 0.29) is 11.5 Å². The van der Waals surface area contributed by atoms with E-state index in [1.54, 1.807) is 6.92 Å². The minimum Gasteiger partial charge on any atom is -0.370 e. The maximum absolute atomic E-state index is 11.2. The predicted molar refractivity (Wildman–Crippen MR) is 82.2 cm³/mol. The molecule has 0 aliphatic rings. The molecule has 0 amide bonds. The number of hydrogen-bond donors (Lipinski definition) is 2. The molecule has 0 saturated heterocycles. The lowest BCUT2D eigenvalue weighted by molar-refractivity contribution is 0.596. The molecule has 0 rings (SSSR count). The van der Waals surface area contributed by atoms with Gasteiger partial charge in [0, 0.05) is 18.8 Å². The van der Waals surface area contributed by atoms with Crippen LogP contribution in [0.5, 0.6) is 0 Å². The first-order valence-electron chi connectivity index (χ1n) is 7.26. The summed E-state index contributed by atoms with van der Waals surface area (Å²) in [5.74, 6) is 0.625. The molecule has 0 radical (unpaired) electrons. The minimum absolute atomic E-state index is 0.108. The molecule has 0 saturated carbocycles. The second kappa shape index (κ2) is 11.1. The summed E-state index contributed by atoms with van der Waals surface area (Å²) in [6.07, 6.45) is 7.34. The molecule has 0 fully saturated rings. The Hall–Kier alpha value is -0.780. The Balaban J connectivity index is 3.55. The van der Waals surface area contributed by atoms with Gasteiger partial charge in [-0.1, -0.05) is 46.0 Å². The zero-order valence-corrected chi connectivity index (χ0v) is 13.1. The van der Waals surface area contributed by atoms with Gasteiger partial charge in [0.1, 0.15) is 0 Å². The van der Waals surface area contributed by atoms with Gasteiger partial charge < -0.3 is 11.1 Å². The standard InChI is InChI=1S/C13H29N3O2S/c1-3-5-6-7-8-9-10-15-13(14)16-11-12-19(17,18)4-2/h3-12H2,1-2H3,(H3,14,15,16). The zero-order chi connectivity index (χ0) is 14.6. The molecule has 114 valence electrons. The van der Waals surface area contributed by atoms with E-state index >= 15 is 0 Å².